The molecule has 0 saturated carbocycles. The molecule has 0 unspecified atom stereocenters. The van der Waals surface area contributed by atoms with Crippen LogP contribution in [-0.4, -0.2) is 0 Å². The lowest BCUT2D eigenvalue weighted by Crippen LogP contribution is -2.03. The minimum atomic E-state index is -0.296. The molecule has 1 nitrogen and oxygen atoms in total. The van der Waals surface area contributed by atoms with Crippen molar-refractivity contribution in [2.45, 2.75) is 13.5 Å². The third-order valence-electron chi connectivity index (χ3n) is 2.74. The van der Waals surface area contributed by atoms with Gasteiger partial charge in [0.25, 0.3) is 0 Å². The Morgan fingerprint density at radius 2 is 1.79 bits per heavy atom. The highest BCUT2D eigenvalue weighted by molar-refractivity contribution is 9.10. The van der Waals surface area contributed by atoms with Gasteiger partial charge in [-0.3, -0.25) is 0 Å². The number of hydrogen-bond donors (Lipinski definition) is 1. The summed E-state index contributed by atoms with van der Waals surface area (Å²) in [6.07, 6.45) is 0. The highest BCUT2D eigenvalue weighted by Crippen LogP contribution is 2.25. The predicted molar refractivity (Wildman–Crippen MR) is 80.3 cm³/mol. The minimum Gasteiger partial charge on any atom is -0.381 e. The van der Waals surface area contributed by atoms with Gasteiger partial charge in [-0.25, -0.2) is 8.78 Å². The van der Waals surface area contributed by atoms with Crippen LogP contribution in [0.5, 0.6) is 0 Å². The van der Waals surface area contributed by atoms with E-state index in [1.807, 2.05) is 6.92 Å². The van der Waals surface area contributed by atoms with Crippen molar-refractivity contribution in [1.29, 1.82) is 0 Å². The minimum absolute atomic E-state index is 0.281. The summed E-state index contributed by atoms with van der Waals surface area (Å²) < 4.78 is 27.7. The summed E-state index contributed by atoms with van der Waals surface area (Å²) in [5, 5.41) is 3.17. The van der Waals surface area contributed by atoms with Crippen molar-refractivity contribution in [3.05, 3.63) is 62.0 Å². The molecule has 0 saturated heterocycles. The van der Waals surface area contributed by atoms with E-state index in [4.69, 9.17) is 0 Å². The van der Waals surface area contributed by atoms with Crippen molar-refractivity contribution < 1.29 is 8.78 Å². The normalized spacial score (nSPS) is 10.6. The number of nitrogens with one attached hydrogen (secondary N) is 1. The van der Waals surface area contributed by atoms with E-state index >= 15 is 0 Å². The fourth-order valence-corrected chi connectivity index (χ4v) is 2.44. The molecule has 0 aliphatic heterocycles. The number of benzene rings is 2. The van der Waals surface area contributed by atoms with E-state index in [2.05, 4.69) is 37.2 Å². The highest BCUT2D eigenvalue weighted by Gasteiger charge is 2.06. The molecule has 19 heavy (non-hydrogen) atoms. The van der Waals surface area contributed by atoms with Crippen LogP contribution in [0.25, 0.3) is 0 Å². The van der Waals surface area contributed by atoms with Crippen LogP contribution in [0.2, 0.25) is 0 Å². The monoisotopic (exact) mass is 389 g/mol. The van der Waals surface area contributed by atoms with Crippen molar-refractivity contribution in [2.75, 3.05) is 5.32 Å². The van der Waals surface area contributed by atoms with Gasteiger partial charge in [-0.1, -0.05) is 15.9 Å². The Labute approximate surface area is 127 Å². The van der Waals surface area contributed by atoms with Gasteiger partial charge in [0.15, 0.2) is 0 Å². The Balaban J connectivity index is 2.19. The summed E-state index contributed by atoms with van der Waals surface area (Å²) in [6.45, 7) is 2.27. The molecule has 0 fully saturated rings. The summed E-state index contributed by atoms with van der Waals surface area (Å²) in [4.78, 5) is 0. The van der Waals surface area contributed by atoms with Crippen LogP contribution in [0, 0.1) is 18.6 Å². The van der Waals surface area contributed by atoms with Crippen LogP contribution < -0.4 is 5.32 Å². The van der Waals surface area contributed by atoms with E-state index in [1.165, 1.54) is 18.2 Å². The number of anilines is 1. The van der Waals surface area contributed by atoms with Gasteiger partial charge in [0.1, 0.15) is 11.6 Å². The van der Waals surface area contributed by atoms with Gasteiger partial charge in [-0.05, 0) is 64.3 Å². The zero-order chi connectivity index (χ0) is 14.0. The Morgan fingerprint density at radius 1 is 1.05 bits per heavy atom. The highest BCUT2D eigenvalue weighted by atomic mass is 79.9. The second-order valence-electron chi connectivity index (χ2n) is 4.17. The third-order valence-corrected chi connectivity index (χ3v) is 4.13. The second-order valence-corrected chi connectivity index (χ2v) is 5.88. The zero-order valence-electron chi connectivity index (χ0n) is 10.1. The van der Waals surface area contributed by atoms with Crippen molar-refractivity contribution in [2.24, 2.45) is 0 Å². The summed E-state index contributed by atoms with van der Waals surface area (Å²) in [5.74, 6) is -0.577. The molecule has 2 rings (SSSR count). The number of hydrogen-bond acceptors (Lipinski definition) is 1. The number of rotatable bonds is 3. The summed E-state index contributed by atoms with van der Waals surface area (Å²) in [5.41, 5.74) is 2.41. The molecule has 0 atom stereocenters. The van der Waals surface area contributed by atoms with Crippen molar-refractivity contribution in [1.82, 2.24) is 0 Å². The molecular formula is C14H11Br2F2N. The molecule has 0 amide bonds. The molecule has 0 bridgehead atoms. The maximum atomic E-state index is 13.3. The molecule has 0 radical (unpaired) electrons. The Hall–Kier alpha value is -0.940. The lowest BCUT2D eigenvalue weighted by Gasteiger charge is -2.12. The number of aryl methyl sites for hydroxylation is 1. The summed E-state index contributed by atoms with van der Waals surface area (Å²) in [6, 6.07) is 7.66. The molecule has 1 N–H and O–H groups in total. The average Bonchev–Trinajstić information content (AvgIpc) is 2.36. The first kappa shape index (κ1) is 14.5. The quantitative estimate of drug-likeness (QED) is 0.738. The third kappa shape index (κ3) is 3.54. The van der Waals surface area contributed by atoms with Gasteiger partial charge in [-0.15, -0.1) is 0 Å². The molecular weight excluding hydrogens is 380 g/mol. The van der Waals surface area contributed by atoms with E-state index < -0.39 is 0 Å². The fourth-order valence-electron chi connectivity index (χ4n) is 1.71. The van der Waals surface area contributed by atoms with Crippen LogP contribution in [-0.2, 0) is 6.54 Å². The Kier molecular flexibility index (Phi) is 4.58. The van der Waals surface area contributed by atoms with E-state index in [1.54, 1.807) is 12.1 Å². The molecule has 2 aromatic carbocycles. The fraction of sp³-hybridized carbons (Fsp3) is 0.143. The lowest BCUT2D eigenvalue weighted by molar-refractivity contribution is 0.620. The van der Waals surface area contributed by atoms with Gasteiger partial charge < -0.3 is 5.32 Å². The molecule has 2 aromatic rings. The van der Waals surface area contributed by atoms with Crippen LogP contribution in [0.4, 0.5) is 14.5 Å². The van der Waals surface area contributed by atoms with Crippen LogP contribution in [0.15, 0.2) is 39.3 Å². The van der Waals surface area contributed by atoms with E-state index in [0.29, 0.717) is 11.0 Å². The number of halogens is 4. The molecule has 100 valence electrons. The van der Waals surface area contributed by atoms with Gasteiger partial charge in [0.05, 0.1) is 4.47 Å². The SMILES string of the molecule is Cc1cc(F)c(Br)cc1NCc1cc(F)ccc1Br. The first-order valence-electron chi connectivity index (χ1n) is 5.61. The first-order valence-corrected chi connectivity index (χ1v) is 7.19. The van der Waals surface area contributed by atoms with Crippen LogP contribution in [0.3, 0.4) is 0 Å². The maximum Gasteiger partial charge on any atom is 0.137 e. The standard InChI is InChI=1S/C14H11Br2F2N/c1-8-4-13(18)12(16)6-14(8)19-7-9-5-10(17)2-3-11(9)15/h2-6,19H,7H2,1H3. The van der Waals surface area contributed by atoms with E-state index in [9.17, 15) is 8.78 Å². The molecule has 5 heteroatoms. The molecule has 0 spiro atoms. The molecule has 0 aliphatic rings. The average molecular weight is 391 g/mol. The molecule has 0 heterocycles. The van der Waals surface area contributed by atoms with Gasteiger partial charge in [0, 0.05) is 16.7 Å². The first-order chi connectivity index (χ1) is 8.97. The predicted octanol–water partition coefficient (Wildman–Crippen LogP) is 5.41. The zero-order valence-corrected chi connectivity index (χ0v) is 13.3. The van der Waals surface area contributed by atoms with Crippen molar-refractivity contribution in [3.63, 3.8) is 0 Å². The van der Waals surface area contributed by atoms with Crippen molar-refractivity contribution in [3.8, 4) is 0 Å². The Morgan fingerprint density at radius 3 is 2.53 bits per heavy atom. The van der Waals surface area contributed by atoms with E-state index in [-0.39, 0.29) is 11.6 Å². The van der Waals surface area contributed by atoms with Gasteiger partial charge in [-0.2, -0.15) is 0 Å². The summed E-state index contributed by atoms with van der Waals surface area (Å²) in [7, 11) is 0. The van der Waals surface area contributed by atoms with Crippen LogP contribution >= 0.6 is 31.9 Å². The van der Waals surface area contributed by atoms with E-state index in [0.717, 1.165) is 21.3 Å². The van der Waals surface area contributed by atoms with Gasteiger partial charge in [0.2, 0.25) is 0 Å². The largest absolute Gasteiger partial charge is 0.381 e. The van der Waals surface area contributed by atoms with Gasteiger partial charge >= 0.3 is 0 Å². The molecule has 0 aliphatic carbocycles. The van der Waals surface area contributed by atoms with Crippen molar-refractivity contribution >= 4 is 37.5 Å². The summed E-state index contributed by atoms with van der Waals surface area (Å²) >= 11 is 6.52. The lowest BCUT2D eigenvalue weighted by atomic mass is 10.1. The Bertz CT molecular complexity index is 615. The molecule has 0 aromatic heterocycles. The second kappa shape index (κ2) is 6.01. The smallest absolute Gasteiger partial charge is 0.137 e. The maximum absolute atomic E-state index is 13.3. The van der Waals surface area contributed by atoms with Crippen LogP contribution in [0.1, 0.15) is 11.1 Å². The topological polar surface area (TPSA) is 12.0 Å².